The maximum absolute atomic E-state index is 13.4. The van der Waals surface area contributed by atoms with Gasteiger partial charge in [0.25, 0.3) is 5.91 Å². The lowest BCUT2D eigenvalue weighted by Crippen LogP contribution is -2.39. The molecule has 0 bridgehead atoms. The van der Waals surface area contributed by atoms with Crippen molar-refractivity contribution in [3.8, 4) is 0 Å². The van der Waals surface area contributed by atoms with E-state index >= 15 is 0 Å². The Hall–Kier alpha value is -2.23. The summed E-state index contributed by atoms with van der Waals surface area (Å²) < 4.78 is 26.5. The third-order valence-corrected chi connectivity index (χ3v) is 4.14. The van der Waals surface area contributed by atoms with Gasteiger partial charge in [-0.3, -0.25) is 9.79 Å². The Morgan fingerprint density at radius 2 is 1.89 bits per heavy atom. The van der Waals surface area contributed by atoms with Crippen LogP contribution in [-0.4, -0.2) is 32.5 Å². The van der Waals surface area contributed by atoms with Crippen molar-refractivity contribution in [3.63, 3.8) is 0 Å². The molecule has 0 saturated carbocycles. The summed E-state index contributed by atoms with van der Waals surface area (Å²) in [5.74, 6) is -1.31. The molecule has 28 heavy (non-hydrogen) atoms. The normalized spacial score (nSPS) is 12.0. The quantitative estimate of drug-likeness (QED) is 0.323. The average Bonchev–Trinajstić information content (AvgIpc) is 2.68. The number of nitrogens with zero attached hydrogens (tertiary/aromatic N) is 1. The van der Waals surface area contributed by atoms with Gasteiger partial charge in [-0.2, -0.15) is 0 Å². The van der Waals surface area contributed by atoms with Crippen molar-refractivity contribution in [2.45, 2.75) is 19.4 Å². The van der Waals surface area contributed by atoms with Crippen LogP contribution in [0.3, 0.4) is 0 Å². The van der Waals surface area contributed by atoms with Crippen molar-refractivity contribution >= 4 is 35.8 Å². The minimum atomic E-state index is -0.875. The Labute approximate surface area is 181 Å². The van der Waals surface area contributed by atoms with Gasteiger partial charge >= 0.3 is 0 Å². The summed E-state index contributed by atoms with van der Waals surface area (Å²) >= 11 is 0. The lowest BCUT2D eigenvalue weighted by Gasteiger charge is -2.18. The molecule has 0 radical (unpaired) electrons. The van der Waals surface area contributed by atoms with E-state index in [9.17, 15) is 13.6 Å². The predicted octanol–water partition coefficient (Wildman–Crippen LogP) is 3.41. The van der Waals surface area contributed by atoms with Gasteiger partial charge in [-0.1, -0.05) is 18.2 Å². The van der Waals surface area contributed by atoms with Crippen molar-refractivity contribution in [2.75, 3.05) is 20.6 Å². The molecule has 8 heteroatoms. The van der Waals surface area contributed by atoms with Crippen molar-refractivity contribution in [1.29, 1.82) is 0 Å². The van der Waals surface area contributed by atoms with Gasteiger partial charge in [-0.05, 0) is 48.7 Å². The van der Waals surface area contributed by atoms with Gasteiger partial charge in [0.2, 0.25) is 0 Å². The van der Waals surface area contributed by atoms with Crippen LogP contribution in [0, 0.1) is 11.6 Å². The van der Waals surface area contributed by atoms with Crippen molar-refractivity contribution in [2.24, 2.45) is 4.99 Å². The molecule has 5 nitrogen and oxygen atoms in total. The standard InChI is InChI=1S/C20H24F2N4O.HI/c1-13(15-7-8-17(21)18(22)12-15)26-20(24-3)25-10-9-14-5-4-6-16(11-14)19(27)23-2;/h4-8,11-13H,9-10H2,1-3H3,(H,23,27)(H2,24,25,26);1H. The Kier molecular flexibility index (Phi) is 9.84. The molecule has 0 aliphatic heterocycles. The lowest BCUT2D eigenvalue weighted by atomic mass is 10.1. The smallest absolute Gasteiger partial charge is 0.251 e. The molecule has 1 unspecified atom stereocenters. The van der Waals surface area contributed by atoms with E-state index in [1.54, 1.807) is 20.2 Å². The number of amides is 1. The summed E-state index contributed by atoms with van der Waals surface area (Å²) in [6.45, 7) is 2.44. The van der Waals surface area contributed by atoms with Crippen LogP contribution in [0.4, 0.5) is 8.78 Å². The zero-order chi connectivity index (χ0) is 19.8. The van der Waals surface area contributed by atoms with Crippen LogP contribution in [0.15, 0.2) is 47.5 Å². The second-order valence-corrected chi connectivity index (χ2v) is 6.07. The van der Waals surface area contributed by atoms with Crippen LogP contribution in [0.5, 0.6) is 0 Å². The second-order valence-electron chi connectivity index (χ2n) is 6.07. The highest BCUT2D eigenvalue weighted by molar-refractivity contribution is 14.0. The van der Waals surface area contributed by atoms with Crippen LogP contribution in [0.2, 0.25) is 0 Å². The number of rotatable bonds is 6. The number of aliphatic imine (C=N–C) groups is 1. The number of benzene rings is 2. The number of halogens is 3. The Balaban J connectivity index is 0.00000392. The predicted molar refractivity (Wildman–Crippen MR) is 118 cm³/mol. The number of carbonyl (C=O) groups excluding carboxylic acids is 1. The Morgan fingerprint density at radius 3 is 2.54 bits per heavy atom. The van der Waals surface area contributed by atoms with E-state index in [4.69, 9.17) is 0 Å². The van der Waals surface area contributed by atoms with Crippen LogP contribution in [-0.2, 0) is 6.42 Å². The molecule has 0 aliphatic carbocycles. The number of guanidine groups is 1. The third-order valence-electron chi connectivity index (χ3n) is 4.14. The van der Waals surface area contributed by atoms with Gasteiger partial charge in [0, 0.05) is 26.2 Å². The van der Waals surface area contributed by atoms with Gasteiger partial charge in [-0.25, -0.2) is 8.78 Å². The molecule has 0 heterocycles. The van der Waals surface area contributed by atoms with Gasteiger partial charge in [0.15, 0.2) is 17.6 Å². The van der Waals surface area contributed by atoms with E-state index in [1.807, 2.05) is 25.1 Å². The summed E-state index contributed by atoms with van der Waals surface area (Å²) in [6.07, 6.45) is 0.699. The van der Waals surface area contributed by atoms with Crippen molar-refractivity contribution in [3.05, 3.63) is 70.8 Å². The first-order valence-electron chi connectivity index (χ1n) is 8.67. The van der Waals surface area contributed by atoms with Gasteiger partial charge in [-0.15, -0.1) is 24.0 Å². The summed E-state index contributed by atoms with van der Waals surface area (Å²) in [6, 6.07) is 11.0. The zero-order valence-corrected chi connectivity index (χ0v) is 18.4. The first kappa shape index (κ1) is 23.8. The molecule has 2 rings (SSSR count). The second kappa shape index (κ2) is 11.6. The fraction of sp³-hybridized carbons (Fsp3) is 0.300. The topological polar surface area (TPSA) is 65.5 Å². The molecule has 152 valence electrons. The molecule has 0 aromatic heterocycles. The maximum Gasteiger partial charge on any atom is 0.251 e. The highest BCUT2D eigenvalue weighted by Gasteiger charge is 2.11. The van der Waals surface area contributed by atoms with E-state index in [0.29, 0.717) is 30.1 Å². The van der Waals surface area contributed by atoms with Crippen LogP contribution in [0.25, 0.3) is 0 Å². The number of hydrogen-bond donors (Lipinski definition) is 3. The number of nitrogens with one attached hydrogen (secondary N) is 3. The number of hydrogen-bond acceptors (Lipinski definition) is 2. The fourth-order valence-electron chi connectivity index (χ4n) is 2.60. The number of carbonyl (C=O) groups is 1. The van der Waals surface area contributed by atoms with Crippen molar-refractivity contribution in [1.82, 2.24) is 16.0 Å². The van der Waals surface area contributed by atoms with E-state index in [0.717, 1.165) is 11.6 Å². The van der Waals surface area contributed by atoms with E-state index in [2.05, 4.69) is 20.9 Å². The molecule has 2 aromatic rings. The molecular formula is C20H25F2IN4O. The van der Waals surface area contributed by atoms with Gasteiger partial charge in [0.05, 0.1) is 6.04 Å². The van der Waals surface area contributed by atoms with Gasteiger partial charge in [0.1, 0.15) is 0 Å². The van der Waals surface area contributed by atoms with Crippen LogP contribution in [0.1, 0.15) is 34.5 Å². The molecular weight excluding hydrogens is 477 g/mol. The zero-order valence-electron chi connectivity index (χ0n) is 16.1. The first-order valence-corrected chi connectivity index (χ1v) is 8.67. The van der Waals surface area contributed by atoms with E-state index < -0.39 is 11.6 Å². The van der Waals surface area contributed by atoms with E-state index in [-0.39, 0.29) is 35.9 Å². The van der Waals surface area contributed by atoms with Crippen LogP contribution < -0.4 is 16.0 Å². The maximum atomic E-state index is 13.4. The molecule has 0 spiro atoms. The average molecular weight is 502 g/mol. The minimum absolute atomic E-state index is 0. The first-order chi connectivity index (χ1) is 12.9. The third kappa shape index (κ3) is 6.74. The summed E-state index contributed by atoms with van der Waals surface area (Å²) in [5, 5.41) is 8.92. The fourth-order valence-corrected chi connectivity index (χ4v) is 2.60. The van der Waals surface area contributed by atoms with Gasteiger partial charge < -0.3 is 16.0 Å². The molecule has 1 atom stereocenters. The lowest BCUT2D eigenvalue weighted by molar-refractivity contribution is 0.0963. The minimum Gasteiger partial charge on any atom is -0.356 e. The monoisotopic (exact) mass is 502 g/mol. The largest absolute Gasteiger partial charge is 0.356 e. The molecule has 0 fully saturated rings. The van der Waals surface area contributed by atoms with Crippen LogP contribution >= 0.6 is 24.0 Å². The Bertz CT molecular complexity index is 830. The molecule has 0 saturated heterocycles. The SMILES string of the molecule is CN=C(NCCc1cccc(C(=O)NC)c1)NC(C)c1ccc(F)c(F)c1.I. The molecule has 2 aromatic carbocycles. The van der Waals surface area contributed by atoms with Crippen molar-refractivity contribution < 1.29 is 13.6 Å². The Morgan fingerprint density at radius 1 is 1.14 bits per heavy atom. The highest BCUT2D eigenvalue weighted by atomic mass is 127. The summed E-state index contributed by atoms with van der Waals surface area (Å²) in [4.78, 5) is 15.8. The summed E-state index contributed by atoms with van der Waals surface area (Å²) in [7, 11) is 3.24. The highest BCUT2D eigenvalue weighted by Crippen LogP contribution is 2.15. The summed E-state index contributed by atoms with van der Waals surface area (Å²) in [5.41, 5.74) is 2.26. The van der Waals surface area contributed by atoms with E-state index in [1.165, 1.54) is 12.1 Å². The molecule has 0 aliphatic rings. The molecule has 1 amide bonds. The molecule has 3 N–H and O–H groups in total.